The number of hydrogen-bond acceptors (Lipinski definition) is 3. The minimum atomic E-state index is -0.667. The van der Waals surface area contributed by atoms with Crippen molar-refractivity contribution in [2.75, 3.05) is 13.3 Å². The number of nitrogens with one attached hydrogen (secondary N) is 1. The van der Waals surface area contributed by atoms with Gasteiger partial charge in [-0.1, -0.05) is 43.7 Å². The highest BCUT2D eigenvalue weighted by Crippen LogP contribution is 2.10. The number of esters is 1. The molecule has 0 spiro atoms. The lowest BCUT2D eigenvalue weighted by Crippen LogP contribution is -2.38. The van der Waals surface area contributed by atoms with Crippen LogP contribution in [-0.2, 0) is 11.2 Å². The van der Waals surface area contributed by atoms with Crippen LogP contribution in [0.5, 0.6) is 0 Å². The van der Waals surface area contributed by atoms with Crippen molar-refractivity contribution in [2.45, 2.75) is 32.2 Å². The molecule has 0 bridgehead atoms. The second-order valence-corrected chi connectivity index (χ2v) is 6.08. The molecule has 0 radical (unpaired) electrons. The van der Waals surface area contributed by atoms with Crippen molar-refractivity contribution >= 4 is 11.9 Å². The number of amides is 1. The van der Waals surface area contributed by atoms with Crippen LogP contribution in [-0.4, -0.2) is 31.2 Å². The first-order chi connectivity index (χ1) is 12.6. The van der Waals surface area contributed by atoms with Gasteiger partial charge in [0.2, 0.25) is 0 Å². The van der Waals surface area contributed by atoms with Gasteiger partial charge in [0.05, 0.1) is 18.2 Å². The standard InChI is InChI=1S/C21H24FNO3/c1-2-3-13-26-21(25)18-11-9-16(10-12-18)14-19(15-22)23-20(24)17-7-5-4-6-8-17/h4-12,19H,2-3,13-15H2,1H3,(H,23,24)/t19-/m0/s1. The lowest BCUT2D eigenvalue weighted by molar-refractivity contribution is 0.0499. The third-order valence-corrected chi connectivity index (χ3v) is 3.96. The molecule has 1 atom stereocenters. The Balaban J connectivity index is 1.91. The molecule has 0 unspecified atom stereocenters. The summed E-state index contributed by atoms with van der Waals surface area (Å²) in [6.45, 7) is 1.77. The van der Waals surface area contributed by atoms with Gasteiger partial charge in [-0.3, -0.25) is 4.79 Å². The summed E-state index contributed by atoms with van der Waals surface area (Å²) in [5.74, 6) is -0.659. The zero-order chi connectivity index (χ0) is 18.8. The van der Waals surface area contributed by atoms with E-state index in [0.717, 1.165) is 18.4 Å². The molecule has 1 N–H and O–H groups in total. The predicted octanol–water partition coefficient (Wildman–Crippen LogP) is 3.95. The molecule has 5 heteroatoms. The molecule has 0 saturated carbocycles. The van der Waals surface area contributed by atoms with E-state index in [0.29, 0.717) is 24.2 Å². The molecule has 0 heterocycles. The third-order valence-electron chi connectivity index (χ3n) is 3.96. The molecular formula is C21H24FNO3. The lowest BCUT2D eigenvalue weighted by Gasteiger charge is -2.16. The average molecular weight is 357 g/mol. The van der Waals surface area contributed by atoms with Gasteiger partial charge in [0, 0.05) is 5.56 Å². The second-order valence-electron chi connectivity index (χ2n) is 6.08. The SMILES string of the molecule is CCCCOC(=O)c1ccc(C[C@@H](CF)NC(=O)c2ccccc2)cc1. The Morgan fingerprint density at radius 2 is 1.73 bits per heavy atom. The van der Waals surface area contributed by atoms with Crippen LogP contribution in [0.4, 0.5) is 4.39 Å². The molecule has 0 aromatic heterocycles. The third kappa shape index (κ3) is 5.99. The minimum absolute atomic E-state index is 0.302. The molecule has 2 rings (SSSR count). The van der Waals surface area contributed by atoms with Gasteiger partial charge in [0.25, 0.3) is 5.91 Å². The van der Waals surface area contributed by atoms with Crippen molar-refractivity contribution in [1.82, 2.24) is 5.32 Å². The van der Waals surface area contributed by atoms with Crippen molar-refractivity contribution in [3.05, 3.63) is 71.3 Å². The van der Waals surface area contributed by atoms with Crippen molar-refractivity contribution < 1.29 is 18.7 Å². The number of benzene rings is 2. The highest BCUT2D eigenvalue weighted by molar-refractivity contribution is 5.94. The molecule has 2 aromatic carbocycles. The topological polar surface area (TPSA) is 55.4 Å². The van der Waals surface area contributed by atoms with E-state index in [1.54, 1.807) is 48.5 Å². The molecule has 2 aromatic rings. The maximum Gasteiger partial charge on any atom is 0.338 e. The van der Waals surface area contributed by atoms with Crippen LogP contribution in [0.15, 0.2) is 54.6 Å². The number of rotatable bonds is 9. The molecule has 4 nitrogen and oxygen atoms in total. The van der Waals surface area contributed by atoms with E-state index in [1.807, 2.05) is 13.0 Å². The monoisotopic (exact) mass is 357 g/mol. The summed E-state index contributed by atoms with van der Waals surface area (Å²) < 4.78 is 18.5. The summed E-state index contributed by atoms with van der Waals surface area (Å²) in [5, 5.41) is 2.70. The van der Waals surface area contributed by atoms with E-state index >= 15 is 0 Å². The van der Waals surface area contributed by atoms with Crippen molar-refractivity contribution in [3.63, 3.8) is 0 Å². The number of carbonyl (C=O) groups excluding carboxylic acids is 2. The number of halogens is 1. The molecule has 138 valence electrons. The van der Waals surface area contributed by atoms with E-state index in [9.17, 15) is 14.0 Å². The van der Waals surface area contributed by atoms with Crippen LogP contribution < -0.4 is 5.32 Å². The predicted molar refractivity (Wildman–Crippen MR) is 99.0 cm³/mol. The first kappa shape index (κ1) is 19.6. The molecule has 26 heavy (non-hydrogen) atoms. The molecular weight excluding hydrogens is 333 g/mol. The number of carbonyl (C=O) groups is 2. The fourth-order valence-electron chi connectivity index (χ4n) is 2.46. The van der Waals surface area contributed by atoms with E-state index in [1.165, 1.54) is 0 Å². The van der Waals surface area contributed by atoms with Crippen LogP contribution in [0, 0.1) is 0 Å². The summed E-state index contributed by atoms with van der Waals surface area (Å²) in [7, 11) is 0. The quantitative estimate of drug-likeness (QED) is 0.546. The fraction of sp³-hybridized carbons (Fsp3) is 0.333. The molecule has 0 aliphatic carbocycles. The number of alkyl halides is 1. The van der Waals surface area contributed by atoms with E-state index in [2.05, 4.69) is 5.32 Å². The summed E-state index contributed by atoms with van der Waals surface area (Å²) in [4.78, 5) is 24.0. The van der Waals surface area contributed by atoms with Gasteiger partial charge in [0.15, 0.2) is 0 Å². The zero-order valence-corrected chi connectivity index (χ0v) is 14.9. The molecule has 0 saturated heterocycles. The summed E-state index contributed by atoms with van der Waals surface area (Å²) in [6.07, 6.45) is 2.15. The largest absolute Gasteiger partial charge is 0.462 e. The second kappa shape index (κ2) is 10.3. The fourth-order valence-corrected chi connectivity index (χ4v) is 2.46. The summed E-state index contributed by atoms with van der Waals surface area (Å²) >= 11 is 0. The maximum atomic E-state index is 13.3. The van der Waals surface area contributed by atoms with E-state index in [4.69, 9.17) is 4.74 Å². The Labute approximate surface area is 153 Å². The Kier molecular flexibility index (Phi) is 7.80. The minimum Gasteiger partial charge on any atom is -0.462 e. The Bertz CT molecular complexity index is 701. The maximum absolute atomic E-state index is 13.3. The van der Waals surface area contributed by atoms with Crippen LogP contribution in [0.1, 0.15) is 46.0 Å². The number of hydrogen-bond donors (Lipinski definition) is 1. The first-order valence-electron chi connectivity index (χ1n) is 8.82. The smallest absolute Gasteiger partial charge is 0.338 e. The van der Waals surface area contributed by atoms with Crippen molar-refractivity contribution in [3.8, 4) is 0 Å². The lowest BCUT2D eigenvalue weighted by atomic mass is 10.0. The Hall–Kier alpha value is -2.69. The zero-order valence-electron chi connectivity index (χ0n) is 14.9. The first-order valence-corrected chi connectivity index (χ1v) is 8.82. The summed E-state index contributed by atoms with van der Waals surface area (Å²) in [5.41, 5.74) is 1.80. The van der Waals surface area contributed by atoms with Gasteiger partial charge in [-0.15, -0.1) is 0 Å². The molecule has 0 fully saturated rings. The van der Waals surface area contributed by atoms with Crippen molar-refractivity contribution in [1.29, 1.82) is 0 Å². The summed E-state index contributed by atoms with van der Waals surface area (Å²) in [6, 6.07) is 14.9. The van der Waals surface area contributed by atoms with Crippen LogP contribution in [0.25, 0.3) is 0 Å². The highest BCUT2D eigenvalue weighted by Gasteiger charge is 2.15. The molecule has 0 aliphatic rings. The van der Waals surface area contributed by atoms with Gasteiger partial charge >= 0.3 is 5.97 Å². The van der Waals surface area contributed by atoms with Gasteiger partial charge in [-0.05, 0) is 42.7 Å². The van der Waals surface area contributed by atoms with Gasteiger partial charge in [-0.2, -0.15) is 0 Å². The Morgan fingerprint density at radius 1 is 1.04 bits per heavy atom. The van der Waals surface area contributed by atoms with E-state index < -0.39 is 12.7 Å². The Morgan fingerprint density at radius 3 is 2.35 bits per heavy atom. The molecule has 0 aliphatic heterocycles. The van der Waals surface area contributed by atoms with Gasteiger partial charge in [-0.25, -0.2) is 9.18 Å². The number of ether oxygens (including phenoxy) is 1. The van der Waals surface area contributed by atoms with E-state index in [-0.39, 0.29) is 11.9 Å². The van der Waals surface area contributed by atoms with Crippen LogP contribution in [0.2, 0.25) is 0 Å². The van der Waals surface area contributed by atoms with Gasteiger partial charge in [0.1, 0.15) is 6.67 Å². The molecule has 1 amide bonds. The van der Waals surface area contributed by atoms with Crippen molar-refractivity contribution in [2.24, 2.45) is 0 Å². The normalized spacial score (nSPS) is 11.6. The van der Waals surface area contributed by atoms with Crippen LogP contribution >= 0.6 is 0 Å². The average Bonchev–Trinajstić information content (AvgIpc) is 2.68. The van der Waals surface area contributed by atoms with Gasteiger partial charge < -0.3 is 10.1 Å². The highest BCUT2D eigenvalue weighted by atomic mass is 19.1. The van der Waals surface area contributed by atoms with Crippen LogP contribution in [0.3, 0.4) is 0 Å². The number of unbranched alkanes of at least 4 members (excludes halogenated alkanes) is 1.